The minimum absolute atomic E-state index is 0. The number of hydrogen-bond donors (Lipinski definition) is 1. The van der Waals surface area contributed by atoms with Crippen molar-refractivity contribution in [3.63, 3.8) is 0 Å². The van der Waals surface area contributed by atoms with Gasteiger partial charge in [0.15, 0.2) is 11.1 Å². The third kappa shape index (κ3) is 5.19. The minimum atomic E-state index is 0. The van der Waals surface area contributed by atoms with Crippen LogP contribution in [-0.2, 0) is 0 Å². The lowest BCUT2D eigenvalue weighted by molar-refractivity contribution is 0.217. The van der Waals surface area contributed by atoms with Crippen LogP contribution in [0.2, 0.25) is 0 Å². The summed E-state index contributed by atoms with van der Waals surface area (Å²) in [6.07, 6.45) is 4.55. The number of halogens is 1. The molecule has 2 fully saturated rings. The number of aromatic nitrogens is 1. The molecule has 24 heavy (non-hydrogen) atoms. The van der Waals surface area contributed by atoms with Gasteiger partial charge in [-0.15, -0.1) is 35.3 Å². The lowest BCUT2D eigenvalue weighted by Gasteiger charge is -2.35. The summed E-state index contributed by atoms with van der Waals surface area (Å²) < 4.78 is 0. The van der Waals surface area contributed by atoms with Gasteiger partial charge in [0, 0.05) is 56.4 Å². The van der Waals surface area contributed by atoms with Crippen molar-refractivity contribution in [3.05, 3.63) is 11.6 Å². The molecule has 0 amide bonds. The van der Waals surface area contributed by atoms with Crippen molar-refractivity contribution in [2.24, 2.45) is 10.7 Å². The summed E-state index contributed by atoms with van der Waals surface area (Å²) in [6, 6.07) is 1.38. The Morgan fingerprint density at radius 2 is 2.08 bits per heavy atom. The molecule has 0 bridgehead atoms. The number of hydrogen-bond acceptors (Lipinski definition) is 5. The number of thiazole rings is 1. The molecule has 8 heteroatoms. The molecule has 136 valence electrons. The average molecular weight is 464 g/mol. The van der Waals surface area contributed by atoms with Gasteiger partial charge in [-0.05, 0) is 26.7 Å². The number of guanidine groups is 1. The molecule has 2 N–H and O–H groups in total. The Bertz CT molecular complexity index is 507. The zero-order chi connectivity index (χ0) is 16.2. The van der Waals surface area contributed by atoms with Crippen molar-refractivity contribution >= 4 is 46.4 Å². The second kappa shape index (κ2) is 9.19. The fourth-order valence-electron chi connectivity index (χ4n) is 3.15. The molecule has 1 aliphatic heterocycles. The summed E-state index contributed by atoms with van der Waals surface area (Å²) in [5.74, 6) is 0.697. The Balaban J connectivity index is 0.00000208. The first-order valence-corrected chi connectivity index (χ1v) is 9.48. The summed E-state index contributed by atoms with van der Waals surface area (Å²) in [6.45, 7) is 10.1. The van der Waals surface area contributed by atoms with E-state index in [9.17, 15) is 0 Å². The molecule has 1 aromatic heterocycles. The van der Waals surface area contributed by atoms with Crippen LogP contribution in [0.4, 0.5) is 5.13 Å². The van der Waals surface area contributed by atoms with E-state index in [1.807, 2.05) is 11.6 Å². The molecular formula is C16H29IN6S. The number of piperazine rings is 1. The summed E-state index contributed by atoms with van der Waals surface area (Å²) in [5.41, 5.74) is 6.19. The molecular weight excluding hydrogens is 435 g/mol. The number of nitrogens with two attached hydrogens (primary N) is 1. The molecule has 1 saturated heterocycles. The highest BCUT2D eigenvalue weighted by Gasteiger charge is 2.30. The molecule has 2 aliphatic rings. The maximum absolute atomic E-state index is 6.19. The van der Waals surface area contributed by atoms with E-state index in [1.54, 1.807) is 11.3 Å². The van der Waals surface area contributed by atoms with E-state index < -0.39 is 0 Å². The van der Waals surface area contributed by atoms with Crippen molar-refractivity contribution < 1.29 is 0 Å². The van der Waals surface area contributed by atoms with Gasteiger partial charge in [0.2, 0.25) is 0 Å². The fourth-order valence-corrected chi connectivity index (χ4v) is 3.84. The van der Waals surface area contributed by atoms with E-state index in [0.29, 0.717) is 12.0 Å². The van der Waals surface area contributed by atoms with Gasteiger partial charge in [-0.3, -0.25) is 9.89 Å². The van der Waals surface area contributed by atoms with Gasteiger partial charge < -0.3 is 15.5 Å². The molecule has 0 spiro atoms. The molecule has 1 aromatic rings. The molecule has 1 aliphatic carbocycles. The molecule has 0 radical (unpaired) electrons. The van der Waals surface area contributed by atoms with Crippen LogP contribution in [0.25, 0.3) is 0 Å². The maximum atomic E-state index is 6.19. The van der Waals surface area contributed by atoms with E-state index in [4.69, 9.17) is 5.73 Å². The fraction of sp³-hybridized carbons (Fsp3) is 0.750. The highest BCUT2D eigenvalue weighted by molar-refractivity contribution is 14.0. The summed E-state index contributed by atoms with van der Waals surface area (Å²) in [7, 11) is 0. The van der Waals surface area contributed by atoms with Gasteiger partial charge in [-0.25, -0.2) is 4.98 Å². The monoisotopic (exact) mass is 464 g/mol. The van der Waals surface area contributed by atoms with Crippen molar-refractivity contribution in [1.82, 2.24) is 14.8 Å². The van der Waals surface area contributed by atoms with Gasteiger partial charge >= 0.3 is 0 Å². The van der Waals surface area contributed by atoms with Gasteiger partial charge in [-0.1, -0.05) is 0 Å². The van der Waals surface area contributed by atoms with E-state index in [2.05, 4.69) is 38.5 Å². The van der Waals surface area contributed by atoms with Gasteiger partial charge in [0.25, 0.3) is 0 Å². The number of rotatable bonds is 6. The number of anilines is 1. The quantitative estimate of drug-likeness (QED) is 0.397. The Labute approximate surface area is 166 Å². The molecule has 1 saturated carbocycles. The lowest BCUT2D eigenvalue weighted by Crippen LogP contribution is -2.51. The SMILES string of the molecule is CC(C)N(CCN=C(N)N1CCN(c2nccs2)CC1)C1CC1.I. The second-order valence-corrected chi connectivity index (χ2v) is 7.46. The Morgan fingerprint density at radius 3 is 2.62 bits per heavy atom. The summed E-state index contributed by atoms with van der Waals surface area (Å²) in [5, 5.41) is 3.13. The van der Waals surface area contributed by atoms with E-state index in [1.165, 1.54) is 12.8 Å². The van der Waals surface area contributed by atoms with E-state index in [0.717, 1.165) is 50.4 Å². The highest BCUT2D eigenvalue weighted by atomic mass is 127. The first kappa shape index (κ1) is 19.7. The standard InChI is InChI=1S/C16H28N6S.HI/c1-13(2)22(14-3-4-14)7-5-18-15(17)20-8-10-21(11-9-20)16-19-6-12-23-16;/h6,12-14H,3-5,7-11H2,1-2H3,(H2,17,18);1H. The van der Waals surface area contributed by atoms with Gasteiger partial charge in [0.1, 0.15) is 0 Å². The van der Waals surface area contributed by atoms with Crippen LogP contribution in [0.15, 0.2) is 16.6 Å². The van der Waals surface area contributed by atoms with Crippen LogP contribution >= 0.6 is 35.3 Å². The molecule has 3 rings (SSSR count). The third-order valence-electron chi connectivity index (χ3n) is 4.60. The minimum Gasteiger partial charge on any atom is -0.370 e. The van der Waals surface area contributed by atoms with Crippen LogP contribution in [0.3, 0.4) is 0 Å². The predicted octanol–water partition coefficient (Wildman–Crippen LogP) is 2.07. The highest BCUT2D eigenvalue weighted by Crippen LogP contribution is 2.28. The number of nitrogens with zero attached hydrogens (tertiary/aromatic N) is 5. The van der Waals surface area contributed by atoms with Crippen LogP contribution < -0.4 is 10.6 Å². The Kier molecular flexibility index (Phi) is 7.55. The summed E-state index contributed by atoms with van der Waals surface area (Å²) in [4.78, 5) is 16.1. The van der Waals surface area contributed by atoms with Crippen molar-refractivity contribution in [2.45, 2.75) is 38.8 Å². The van der Waals surface area contributed by atoms with Gasteiger partial charge in [-0.2, -0.15) is 0 Å². The Morgan fingerprint density at radius 1 is 1.38 bits per heavy atom. The normalized spacial score (nSPS) is 19.1. The smallest absolute Gasteiger partial charge is 0.191 e. The molecule has 0 aromatic carbocycles. The summed E-state index contributed by atoms with van der Waals surface area (Å²) >= 11 is 1.70. The van der Waals surface area contributed by atoms with Crippen molar-refractivity contribution in [2.75, 3.05) is 44.2 Å². The van der Waals surface area contributed by atoms with Crippen LogP contribution in [-0.4, -0.2) is 72.1 Å². The van der Waals surface area contributed by atoms with Gasteiger partial charge in [0.05, 0.1) is 6.54 Å². The first-order chi connectivity index (χ1) is 11.1. The third-order valence-corrected chi connectivity index (χ3v) is 5.44. The maximum Gasteiger partial charge on any atom is 0.191 e. The average Bonchev–Trinajstić information content (AvgIpc) is 3.23. The molecule has 2 heterocycles. The van der Waals surface area contributed by atoms with Crippen molar-refractivity contribution in [1.29, 1.82) is 0 Å². The van der Waals surface area contributed by atoms with Crippen LogP contribution in [0.5, 0.6) is 0 Å². The first-order valence-electron chi connectivity index (χ1n) is 8.60. The molecule has 0 atom stereocenters. The second-order valence-electron chi connectivity index (χ2n) is 6.59. The van der Waals surface area contributed by atoms with E-state index in [-0.39, 0.29) is 24.0 Å². The van der Waals surface area contributed by atoms with Crippen LogP contribution in [0, 0.1) is 0 Å². The largest absolute Gasteiger partial charge is 0.370 e. The van der Waals surface area contributed by atoms with Crippen molar-refractivity contribution in [3.8, 4) is 0 Å². The zero-order valence-electron chi connectivity index (χ0n) is 14.6. The Hall–Kier alpha value is -0.610. The van der Waals surface area contributed by atoms with E-state index >= 15 is 0 Å². The topological polar surface area (TPSA) is 61.0 Å². The predicted molar refractivity (Wildman–Crippen MR) is 113 cm³/mol. The molecule has 0 unspecified atom stereocenters. The van der Waals surface area contributed by atoms with Crippen LogP contribution in [0.1, 0.15) is 26.7 Å². The number of aliphatic imine (C=N–C) groups is 1. The zero-order valence-corrected chi connectivity index (χ0v) is 17.7. The molecule has 6 nitrogen and oxygen atoms in total. The lowest BCUT2D eigenvalue weighted by atomic mass is 10.3.